The average molecular weight is 386 g/mol. The van der Waals surface area contributed by atoms with Crippen molar-refractivity contribution in [2.45, 2.75) is 13.8 Å². The highest BCUT2D eigenvalue weighted by atomic mass is 16.2. The van der Waals surface area contributed by atoms with Gasteiger partial charge in [-0.25, -0.2) is 9.67 Å². The van der Waals surface area contributed by atoms with Gasteiger partial charge in [0.25, 0.3) is 5.91 Å². The van der Waals surface area contributed by atoms with E-state index in [0.29, 0.717) is 37.3 Å². The number of carbonyl (C=O) groups excluding carboxylic acids is 1. The third-order valence-corrected chi connectivity index (χ3v) is 5.13. The second-order valence-electron chi connectivity index (χ2n) is 7.18. The lowest BCUT2D eigenvalue weighted by atomic mass is 10.1. The lowest BCUT2D eigenvalue weighted by molar-refractivity contribution is 0.0746. The van der Waals surface area contributed by atoms with Crippen LogP contribution in [-0.2, 0) is 0 Å². The van der Waals surface area contributed by atoms with E-state index in [1.54, 1.807) is 18.3 Å². The molecule has 0 bridgehead atoms. The van der Waals surface area contributed by atoms with Crippen LogP contribution in [0.1, 0.15) is 27.3 Å². The van der Waals surface area contributed by atoms with Crippen molar-refractivity contribution in [3.63, 3.8) is 0 Å². The van der Waals surface area contributed by atoms with Crippen LogP contribution in [0.2, 0.25) is 0 Å². The minimum absolute atomic E-state index is 0.0308. The van der Waals surface area contributed by atoms with Gasteiger partial charge < -0.3 is 9.80 Å². The molecule has 3 heterocycles. The van der Waals surface area contributed by atoms with E-state index in [4.69, 9.17) is 5.26 Å². The Kier molecular flexibility index (Phi) is 5.00. The summed E-state index contributed by atoms with van der Waals surface area (Å²) in [5.41, 5.74) is 4.24. The number of pyridine rings is 1. The summed E-state index contributed by atoms with van der Waals surface area (Å²) in [4.78, 5) is 21.2. The number of aromatic nitrogens is 3. The van der Waals surface area contributed by atoms with E-state index < -0.39 is 0 Å². The number of benzene rings is 1. The number of piperazine rings is 1. The molecule has 7 heteroatoms. The summed E-state index contributed by atoms with van der Waals surface area (Å²) >= 11 is 0. The largest absolute Gasteiger partial charge is 0.353 e. The van der Waals surface area contributed by atoms with Crippen LogP contribution in [0.3, 0.4) is 0 Å². The minimum atomic E-state index is 0.0308. The van der Waals surface area contributed by atoms with Gasteiger partial charge in [-0.1, -0.05) is 0 Å². The Hall–Kier alpha value is -3.66. The molecule has 4 rings (SSSR count). The van der Waals surface area contributed by atoms with Gasteiger partial charge in [0.15, 0.2) is 0 Å². The fourth-order valence-corrected chi connectivity index (χ4v) is 3.62. The smallest absolute Gasteiger partial charge is 0.253 e. The van der Waals surface area contributed by atoms with E-state index in [1.807, 2.05) is 53.8 Å². The van der Waals surface area contributed by atoms with Crippen molar-refractivity contribution in [1.29, 1.82) is 5.26 Å². The molecule has 1 amide bonds. The molecule has 3 aromatic rings. The topological polar surface area (TPSA) is 78.0 Å². The van der Waals surface area contributed by atoms with Crippen molar-refractivity contribution in [1.82, 2.24) is 19.7 Å². The molecule has 0 atom stereocenters. The van der Waals surface area contributed by atoms with Crippen LogP contribution in [0.5, 0.6) is 0 Å². The molecule has 1 fully saturated rings. The van der Waals surface area contributed by atoms with Gasteiger partial charge in [-0.2, -0.15) is 10.4 Å². The first-order valence-corrected chi connectivity index (χ1v) is 9.59. The first-order valence-electron chi connectivity index (χ1n) is 9.59. The normalized spacial score (nSPS) is 14.0. The molecule has 1 aliphatic heterocycles. The zero-order chi connectivity index (χ0) is 20.4. The van der Waals surface area contributed by atoms with Gasteiger partial charge in [0.1, 0.15) is 5.82 Å². The van der Waals surface area contributed by atoms with E-state index in [0.717, 1.165) is 22.9 Å². The van der Waals surface area contributed by atoms with Crippen LogP contribution in [0.15, 0.2) is 48.7 Å². The van der Waals surface area contributed by atoms with Gasteiger partial charge in [0.2, 0.25) is 0 Å². The SMILES string of the molecule is Cc1cc(C)n(-c2ccc(C(=O)N3CCN(c4cc(C#N)ccn4)CC3)cc2)n1. The predicted molar refractivity (Wildman–Crippen MR) is 110 cm³/mol. The minimum Gasteiger partial charge on any atom is -0.353 e. The molecule has 29 heavy (non-hydrogen) atoms. The Morgan fingerprint density at radius 1 is 1.03 bits per heavy atom. The van der Waals surface area contributed by atoms with Gasteiger partial charge in [-0.3, -0.25) is 4.79 Å². The van der Waals surface area contributed by atoms with E-state index in [-0.39, 0.29) is 5.91 Å². The molecule has 0 spiro atoms. The van der Waals surface area contributed by atoms with Gasteiger partial charge in [0.05, 0.1) is 23.0 Å². The highest BCUT2D eigenvalue weighted by Gasteiger charge is 2.23. The molecule has 0 radical (unpaired) electrons. The molecule has 1 aromatic carbocycles. The summed E-state index contributed by atoms with van der Waals surface area (Å²) in [7, 11) is 0. The number of hydrogen-bond acceptors (Lipinski definition) is 5. The third kappa shape index (κ3) is 3.83. The second-order valence-corrected chi connectivity index (χ2v) is 7.18. The van der Waals surface area contributed by atoms with Gasteiger partial charge in [-0.05, 0) is 56.3 Å². The lowest BCUT2D eigenvalue weighted by Crippen LogP contribution is -2.49. The second kappa shape index (κ2) is 7.76. The van der Waals surface area contributed by atoms with Crippen LogP contribution >= 0.6 is 0 Å². The maximum Gasteiger partial charge on any atom is 0.253 e. The Balaban J connectivity index is 1.42. The Bertz CT molecular complexity index is 1070. The number of nitrogens with zero attached hydrogens (tertiary/aromatic N) is 6. The van der Waals surface area contributed by atoms with Crippen LogP contribution in [0, 0.1) is 25.2 Å². The quantitative estimate of drug-likeness (QED) is 0.692. The molecule has 1 aliphatic rings. The van der Waals surface area contributed by atoms with Gasteiger partial charge in [-0.15, -0.1) is 0 Å². The molecular formula is C22H22N6O. The van der Waals surface area contributed by atoms with E-state index in [9.17, 15) is 4.79 Å². The van der Waals surface area contributed by atoms with Crippen molar-refractivity contribution >= 4 is 11.7 Å². The highest BCUT2D eigenvalue weighted by Crippen LogP contribution is 2.18. The maximum atomic E-state index is 12.9. The van der Waals surface area contributed by atoms with Crippen LogP contribution in [0.25, 0.3) is 5.69 Å². The van der Waals surface area contributed by atoms with E-state index >= 15 is 0 Å². The molecule has 7 nitrogen and oxygen atoms in total. The van der Waals surface area contributed by atoms with Crippen LogP contribution in [0.4, 0.5) is 5.82 Å². The number of amides is 1. The van der Waals surface area contributed by atoms with Crippen molar-refractivity contribution in [3.05, 3.63) is 71.2 Å². The van der Waals surface area contributed by atoms with E-state index in [1.165, 1.54) is 0 Å². The third-order valence-electron chi connectivity index (χ3n) is 5.13. The van der Waals surface area contributed by atoms with Crippen molar-refractivity contribution in [3.8, 4) is 11.8 Å². The number of rotatable bonds is 3. The molecule has 0 unspecified atom stereocenters. The number of aryl methyl sites for hydroxylation is 2. The fourth-order valence-electron chi connectivity index (χ4n) is 3.62. The molecular weight excluding hydrogens is 364 g/mol. The monoisotopic (exact) mass is 386 g/mol. The molecule has 0 aliphatic carbocycles. The standard InChI is InChI=1S/C22H22N6O/c1-16-13-17(2)28(25-16)20-5-3-19(4-6-20)22(29)27-11-9-26(10-12-27)21-14-18(15-23)7-8-24-21/h3-8,13-14H,9-12H2,1-2H3. The van der Waals surface area contributed by atoms with E-state index in [2.05, 4.69) is 21.1 Å². The number of carbonyl (C=O) groups is 1. The fraction of sp³-hybridized carbons (Fsp3) is 0.273. The summed E-state index contributed by atoms with van der Waals surface area (Å²) in [5, 5.41) is 13.5. The Morgan fingerprint density at radius 3 is 2.38 bits per heavy atom. The molecule has 1 saturated heterocycles. The summed E-state index contributed by atoms with van der Waals surface area (Å²) in [6.07, 6.45) is 1.65. The van der Waals surface area contributed by atoms with Crippen molar-refractivity contribution < 1.29 is 4.79 Å². The number of anilines is 1. The molecule has 0 N–H and O–H groups in total. The maximum absolute atomic E-state index is 12.9. The Morgan fingerprint density at radius 2 is 1.76 bits per heavy atom. The van der Waals surface area contributed by atoms with Gasteiger partial charge >= 0.3 is 0 Å². The summed E-state index contributed by atoms with van der Waals surface area (Å²) in [6, 6.07) is 15.2. The van der Waals surface area contributed by atoms with Crippen LogP contribution < -0.4 is 4.90 Å². The van der Waals surface area contributed by atoms with Crippen LogP contribution in [-0.4, -0.2) is 51.8 Å². The number of hydrogen-bond donors (Lipinski definition) is 0. The van der Waals surface area contributed by atoms with Crippen molar-refractivity contribution in [2.24, 2.45) is 0 Å². The Labute approximate surface area is 169 Å². The summed E-state index contributed by atoms with van der Waals surface area (Å²) in [5.74, 6) is 0.814. The zero-order valence-electron chi connectivity index (χ0n) is 16.5. The molecule has 2 aromatic heterocycles. The average Bonchev–Trinajstić information content (AvgIpc) is 3.11. The first kappa shape index (κ1) is 18.7. The lowest BCUT2D eigenvalue weighted by Gasteiger charge is -2.35. The van der Waals surface area contributed by atoms with Crippen molar-refractivity contribution in [2.75, 3.05) is 31.1 Å². The highest BCUT2D eigenvalue weighted by molar-refractivity contribution is 5.94. The molecule has 146 valence electrons. The first-order chi connectivity index (χ1) is 14.0. The summed E-state index contributed by atoms with van der Waals surface area (Å²) in [6.45, 7) is 6.61. The predicted octanol–water partition coefficient (Wildman–Crippen LogP) is 2.72. The number of nitriles is 1. The molecule has 0 saturated carbocycles. The van der Waals surface area contributed by atoms with Gasteiger partial charge in [0, 0.05) is 43.6 Å². The zero-order valence-corrected chi connectivity index (χ0v) is 16.5. The summed E-state index contributed by atoms with van der Waals surface area (Å²) < 4.78 is 1.88.